The molecule has 3 aliphatic rings. The zero-order valence-corrected chi connectivity index (χ0v) is 56.1. The first-order valence-corrected chi connectivity index (χ1v) is 31.6. The zero-order valence-electron chi connectivity index (χ0n) is 56.1. The molecule has 0 saturated heterocycles. The molecular formula is C85H232. The Bertz CT molecular complexity index is 563. The Hall–Kier alpha value is 0. The largest absolute Gasteiger partial charge is 0.0776 e. The van der Waals surface area contributed by atoms with E-state index in [-0.39, 0.29) is 141 Å². The monoisotopic (exact) mass is 1250 g/mol. The van der Waals surface area contributed by atoms with E-state index in [1.54, 1.807) is 0 Å². The molecule has 0 aromatic rings. The van der Waals surface area contributed by atoms with E-state index in [1.165, 1.54) is 77.0 Å². The van der Waals surface area contributed by atoms with Gasteiger partial charge in [-0.3, -0.25) is 0 Å². The molecule has 0 aliphatic heterocycles. The van der Waals surface area contributed by atoms with E-state index in [2.05, 4.69) is 104 Å². The normalized spacial score (nSPS) is 15.8. The lowest BCUT2D eigenvalue weighted by atomic mass is 9.79. The van der Waals surface area contributed by atoms with Gasteiger partial charge in [0, 0.05) is 0 Å². The Balaban J connectivity index is -0.0000000137. The van der Waals surface area contributed by atoms with Crippen molar-refractivity contribution < 1.29 is 0 Å². The minimum absolute atomic E-state index is 0. The first-order valence-electron chi connectivity index (χ1n) is 31.6. The molecular weight excluding hydrogens is 1020 g/mol. The van der Waals surface area contributed by atoms with Crippen molar-refractivity contribution in [3.63, 3.8) is 0 Å². The van der Waals surface area contributed by atoms with Crippen LogP contribution in [0, 0.1) is 88.8 Å². The summed E-state index contributed by atoms with van der Waals surface area (Å²) in [6, 6.07) is 0. The second-order valence-electron chi connectivity index (χ2n) is 18.2. The van der Waals surface area contributed by atoms with E-state index in [1.807, 2.05) is 166 Å². The zero-order chi connectivity index (χ0) is 56.1. The maximum absolute atomic E-state index is 2.43. The highest BCUT2D eigenvalue weighted by Crippen LogP contribution is 2.43. The van der Waals surface area contributed by atoms with Gasteiger partial charge in [-0.05, 0) is 127 Å². The van der Waals surface area contributed by atoms with Gasteiger partial charge in [-0.25, -0.2) is 0 Å². The lowest BCUT2D eigenvalue weighted by Crippen LogP contribution is -2.18. The molecule has 3 saturated carbocycles. The van der Waals surface area contributed by atoms with Crippen LogP contribution in [0.25, 0.3) is 0 Å². The van der Waals surface area contributed by atoms with Gasteiger partial charge < -0.3 is 0 Å². The Morgan fingerprint density at radius 2 is 0.294 bits per heavy atom. The minimum Gasteiger partial charge on any atom is -0.0776 e. The van der Waals surface area contributed by atoms with Gasteiger partial charge >= 0.3 is 0 Å². The average molecular weight is 1250 g/mol. The van der Waals surface area contributed by atoms with Crippen LogP contribution >= 0.6 is 0 Å². The summed E-state index contributed by atoms with van der Waals surface area (Å²) >= 11 is 0. The van der Waals surface area contributed by atoms with Crippen molar-refractivity contribution in [3.8, 4) is 0 Å². The molecule has 0 aromatic heterocycles. The molecule has 0 nitrogen and oxygen atoms in total. The molecule has 0 aromatic carbocycles. The number of rotatable bonds is 12. The van der Waals surface area contributed by atoms with Crippen molar-refractivity contribution in [2.24, 2.45) is 88.8 Å². The van der Waals surface area contributed by atoms with E-state index < -0.39 is 0 Å². The highest BCUT2D eigenvalue weighted by Gasteiger charge is 2.32. The lowest BCUT2D eigenvalue weighted by Gasteiger charge is -2.27. The SMILES string of the molecule is C.C.C.C.C.C.C.C.C.C.C.C.C.C.C.C.C.C.C.CC.CC.CC.CC.CC.CC.CC.CC.CC.CC.CC.CC.CC(C)C1CCCC1C[C@H](C)C(C)C.CC(C)C1CCCC1C[C@H](C)C(C)C.CC(C)C1CCCC1C[C@H](C)C(C)C. The summed E-state index contributed by atoms with van der Waals surface area (Å²) in [5.41, 5.74) is 0. The highest BCUT2D eigenvalue weighted by atomic mass is 14.4. The summed E-state index contributed by atoms with van der Waals surface area (Å²) < 4.78 is 0. The number of hydrogen-bond acceptors (Lipinski definition) is 0. The van der Waals surface area contributed by atoms with Crippen LogP contribution in [0.4, 0.5) is 0 Å². The quantitative estimate of drug-likeness (QED) is 0.183. The maximum Gasteiger partial charge on any atom is -0.0363 e. The predicted molar refractivity (Wildman–Crippen MR) is 457 cm³/mol. The van der Waals surface area contributed by atoms with Crippen molar-refractivity contribution >= 4 is 0 Å². The fraction of sp³-hybridized carbons (Fsp3) is 1.00. The Kier molecular flexibility index (Phi) is 431. The highest BCUT2D eigenvalue weighted by molar-refractivity contribution is 4.83. The Morgan fingerprint density at radius 3 is 0.376 bits per heavy atom. The van der Waals surface area contributed by atoms with E-state index >= 15 is 0 Å². The van der Waals surface area contributed by atoms with Crippen LogP contribution < -0.4 is 0 Å². The van der Waals surface area contributed by atoms with E-state index in [4.69, 9.17) is 0 Å². The second kappa shape index (κ2) is 178. The summed E-state index contributed by atoms with van der Waals surface area (Å²) in [6.07, 6.45) is 17.9. The lowest BCUT2D eigenvalue weighted by molar-refractivity contribution is 0.229. The summed E-state index contributed by atoms with van der Waals surface area (Å²) in [4.78, 5) is 0. The molecule has 0 heterocycles. The maximum atomic E-state index is 2.43. The van der Waals surface area contributed by atoms with Gasteiger partial charge in [0.05, 0.1) is 0 Å². The van der Waals surface area contributed by atoms with Crippen molar-refractivity contribution in [1.82, 2.24) is 0 Å². The second-order valence-corrected chi connectivity index (χ2v) is 18.2. The average Bonchev–Trinajstić information content (AvgIpc) is 4.17. The first-order chi connectivity index (χ1) is 31.6. The van der Waals surface area contributed by atoms with Gasteiger partial charge in [0.25, 0.3) is 0 Å². The standard InChI is InChI=1S/3C14H28.12C2H6.19CH4/c3*1-10(2)12(5)9-13-7-6-8-14(13)11(3)4;12*1-2;;;;;;;;;;;;;;;;;;;/h3*10-14H,6-9H2,1-5H3;12*1-2H3;19*1H4/t3*12-,13?,14?;;;;;;;;;;;;;;;;;;;;;;;;;;;;;;;/m000.............................../s1. The third-order valence-corrected chi connectivity index (χ3v) is 13.2. The van der Waals surface area contributed by atoms with Crippen LogP contribution in [0.5, 0.6) is 0 Å². The first kappa shape index (κ1) is 206. The van der Waals surface area contributed by atoms with Crippen LogP contribution in [-0.4, -0.2) is 0 Å². The topological polar surface area (TPSA) is 0 Å². The Morgan fingerprint density at radius 1 is 0.188 bits per heavy atom. The molecule has 0 bridgehead atoms. The van der Waals surface area contributed by atoms with Crippen molar-refractivity contribution in [1.29, 1.82) is 0 Å². The van der Waals surface area contributed by atoms with Crippen LogP contribution in [0.2, 0.25) is 0 Å². The Labute approximate surface area is 574 Å². The summed E-state index contributed by atoms with van der Waals surface area (Å²) in [5, 5.41) is 0. The van der Waals surface area contributed by atoms with E-state index in [9.17, 15) is 0 Å². The minimum atomic E-state index is 0. The molecule has 0 N–H and O–H groups in total. The molecule has 0 heteroatoms. The summed E-state index contributed by atoms with van der Waals surface area (Å²) in [7, 11) is 0. The smallest absolute Gasteiger partial charge is 0.0363 e. The van der Waals surface area contributed by atoms with Crippen LogP contribution in [0.3, 0.4) is 0 Å². The molecule has 6 unspecified atom stereocenters. The predicted octanol–water partition coefficient (Wildman–Crippen LogP) is 38.6. The van der Waals surface area contributed by atoms with Gasteiger partial charge in [-0.1, -0.05) is 450 Å². The molecule has 3 fully saturated rings. The molecule has 3 rings (SSSR count). The number of hydrogen-bond donors (Lipinski definition) is 0. The van der Waals surface area contributed by atoms with Crippen LogP contribution in [-0.2, 0) is 0 Å². The van der Waals surface area contributed by atoms with Gasteiger partial charge in [0.2, 0.25) is 0 Å². The van der Waals surface area contributed by atoms with Crippen molar-refractivity contribution in [3.05, 3.63) is 0 Å². The summed E-state index contributed by atoms with van der Waals surface area (Å²) in [5.74, 6) is 14.2. The fourth-order valence-electron chi connectivity index (χ4n) is 8.96. The van der Waals surface area contributed by atoms with Gasteiger partial charge in [0.15, 0.2) is 0 Å². The van der Waals surface area contributed by atoms with Crippen molar-refractivity contribution in [2.45, 2.75) is 488 Å². The van der Waals surface area contributed by atoms with Gasteiger partial charge in [0.1, 0.15) is 0 Å². The van der Waals surface area contributed by atoms with Gasteiger partial charge in [-0.15, -0.1) is 0 Å². The fourth-order valence-corrected chi connectivity index (χ4v) is 8.96. The van der Waals surface area contributed by atoms with Gasteiger partial charge in [-0.2, -0.15) is 0 Å². The van der Waals surface area contributed by atoms with Crippen LogP contribution in [0.15, 0.2) is 0 Å². The third kappa shape index (κ3) is 130. The molecule has 3 aliphatic carbocycles. The third-order valence-electron chi connectivity index (χ3n) is 13.2. The van der Waals surface area contributed by atoms with E-state index in [0.717, 1.165) is 88.8 Å². The molecule has 9 atom stereocenters. The molecule has 85 heavy (non-hydrogen) atoms. The molecule has 0 spiro atoms. The molecule has 572 valence electrons. The molecule has 0 radical (unpaired) electrons. The van der Waals surface area contributed by atoms with E-state index in [0.29, 0.717) is 0 Å². The summed E-state index contributed by atoms with van der Waals surface area (Å²) in [6.45, 7) is 83.9. The molecule has 0 amide bonds. The van der Waals surface area contributed by atoms with Crippen LogP contribution in [0.1, 0.15) is 488 Å². The van der Waals surface area contributed by atoms with Crippen molar-refractivity contribution in [2.75, 3.05) is 0 Å².